The van der Waals surface area contributed by atoms with Gasteiger partial charge in [-0.05, 0) is 20.0 Å². The van der Waals surface area contributed by atoms with Crippen LogP contribution in [0.25, 0.3) is 22.2 Å². The summed E-state index contributed by atoms with van der Waals surface area (Å²) in [6.07, 6.45) is 0. The molecule has 0 aliphatic carbocycles. The lowest BCUT2D eigenvalue weighted by molar-refractivity contribution is -1.02. The number of amides is 1. The van der Waals surface area contributed by atoms with Crippen LogP contribution < -0.4 is 0 Å². The van der Waals surface area contributed by atoms with Crippen molar-refractivity contribution in [3.8, 4) is 11.3 Å². The number of quaternary nitrogens is 2. The zero-order chi connectivity index (χ0) is 27.6. The van der Waals surface area contributed by atoms with Gasteiger partial charge in [-0.1, -0.05) is 78.9 Å². The zero-order valence-electron chi connectivity index (χ0n) is 22.6. The van der Waals surface area contributed by atoms with Gasteiger partial charge in [0.05, 0.1) is 37.0 Å². The minimum Gasteiger partial charge on any atom is -0.632 e. The van der Waals surface area contributed by atoms with Crippen molar-refractivity contribution < 1.29 is 19.1 Å². The number of pyridine rings is 1. The molecule has 1 aliphatic rings. The maximum atomic E-state index is 14.5. The summed E-state index contributed by atoms with van der Waals surface area (Å²) >= 11 is 0. The van der Waals surface area contributed by atoms with Gasteiger partial charge >= 0.3 is 5.91 Å². The van der Waals surface area contributed by atoms with Gasteiger partial charge in [-0.2, -0.15) is 4.84 Å². The first-order chi connectivity index (χ1) is 18.8. The number of para-hydroxylation sites is 1. The highest BCUT2D eigenvalue weighted by Gasteiger charge is 2.42. The van der Waals surface area contributed by atoms with E-state index in [9.17, 15) is 15.2 Å². The highest BCUT2D eigenvalue weighted by molar-refractivity contribution is 6.06. The van der Waals surface area contributed by atoms with E-state index in [1.54, 1.807) is 13.0 Å². The summed E-state index contributed by atoms with van der Waals surface area (Å²) in [5.41, 5.74) is 3.27. The number of hydroxylamine groups is 7. The number of nitrogens with zero attached hydrogens (tertiary/aromatic N) is 4. The van der Waals surface area contributed by atoms with E-state index >= 15 is 0 Å². The molecule has 0 radical (unpaired) electrons. The number of carbonyl (C=O) groups is 1. The Bertz CT molecular complexity index is 1460. The molecule has 1 aliphatic heterocycles. The van der Waals surface area contributed by atoms with Gasteiger partial charge in [-0.15, -0.1) is 4.81 Å². The van der Waals surface area contributed by atoms with E-state index in [1.165, 1.54) is 7.11 Å². The third-order valence-electron chi connectivity index (χ3n) is 7.83. The van der Waals surface area contributed by atoms with Gasteiger partial charge in [-0.3, -0.25) is 4.90 Å². The standard InChI is InChI=1S/C31H34N4O4/c1-23(24-12-6-4-7-13-24)35(38,39-3)31(36)29-26-16-10-11-17-28(26)32-30(25-14-8-5-9-15-25)27(29)22-34(37)20-18-33(2)19-21-34/h4-17,23H,18-22H2,1-3H3. The first-order valence-corrected chi connectivity index (χ1v) is 13.2. The largest absolute Gasteiger partial charge is 0.632 e. The van der Waals surface area contributed by atoms with Crippen molar-refractivity contribution in [1.82, 2.24) is 9.88 Å². The number of fused-ring (bicyclic) bond motifs is 1. The van der Waals surface area contributed by atoms with Crippen molar-refractivity contribution in [3.63, 3.8) is 0 Å². The molecule has 1 fully saturated rings. The van der Waals surface area contributed by atoms with E-state index in [4.69, 9.17) is 9.82 Å². The molecule has 202 valence electrons. The summed E-state index contributed by atoms with van der Waals surface area (Å²) in [4.78, 5) is 25.5. The molecule has 1 saturated heterocycles. The number of hydrogen-bond acceptors (Lipinski definition) is 6. The van der Waals surface area contributed by atoms with E-state index in [1.807, 2.05) is 85.9 Å². The predicted molar refractivity (Wildman–Crippen MR) is 152 cm³/mol. The third-order valence-corrected chi connectivity index (χ3v) is 7.83. The topological polar surface area (TPSA) is 88.5 Å². The second-order valence-corrected chi connectivity index (χ2v) is 10.3. The molecule has 2 unspecified atom stereocenters. The van der Waals surface area contributed by atoms with E-state index in [2.05, 4.69) is 4.90 Å². The lowest BCUT2D eigenvalue weighted by Gasteiger charge is -2.48. The predicted octanol–water partition coefficient (Wildman–Crippen LogP) is 5.44. The number of aromatic nitrogens is 1. The van der Waals surface area contributed by atoms with Crippen molar-refractivity contribution >= 4 is 16.8 Å². The van der Waals surface area contributed by atoms with Crippen LogP contribution in [-0.4, -0.2) is 65.6 Å². The molecule has 8 nitrogen and oxygen atoms in total. The molecule has 0 bridgehead atoms. The number of piperazine rings is 1. The molecule has 8 heteroatoms. The average Bonchev–Trinajstić information content (AvgIpc) is 2.98. The number of benzene rings is 3. The highest BCUT2D eigenvalue weighted by Crippen LogP contribution is 2.38. The number of hydrogen-bond donors (Lipinski definition) is 0. The Morgan fingerprint density at radius 1 is 1.00 bits per heavy atom. The maximum absolute atomic E-state index is 14.5. The van der Waals surface area contributed by atoms with Crippen molar-refractivity contribution in [2.24, 2.45) is 0 Å². The lowest BCUT2D eigenvalue weighted by Crippen LogP contribution is -2.55. The molecular formula is C31H34N4O4. The molecule has 0 saturated carbocycles. The average molecular weight is 527 g/mol. The summed E-state index contributed by atoms with van der Waals surface area (Å²) in [6, 6.07) is 25.1. The van der Waals surface area contributed by atoms with Crippen LogP contribution in [0.2, 0.25) is 0 Å². The fourth-order valence-electron chi connectivity index (χ4n) is 5.36. The van der Waals surface area contributed by atoms with E-state index in [-0.39, 0.29) is 12.1 Å². The molecule has 4 aromatic rings. The summed E-state index contributed by atoms with van der Waals surface area (Å²) in [5, 5.41) is 29.0. The van der Waals surface area contributed by atoms with Crippen LogP contribution in [0.3, 0.4) is 0 Å². The van der Waals surface area contributed by atoms with Crippen LogP contribution in [0.1, 0.15) is 34.5 Å². The Kier molecular flexibility index (Phi) is 7.59. The minimum atomic E-state index is -1.55. The zero-order valence-corrected chi connectivity index (χ0v) is 22.6. The summed E-state index contributed by atoms with van der Waals surface area (Å²) in [7, 11) is 3.26. The molecular weight excluding hydrogens is 492 g/mol. The smallest absolute Gasteiger partial charge is 0.380 e. The van der Waals surface area contributed by atoms with Crippen LogP contribution >= 0.6 is 0 Å². The Labute approximate surface area is 229 Å². The Morgan fingerprint density at radius 3 is 2.23 bits per heavy atom. The van der Waals surface area contributed by atoms with Crippen molar-refractivity contribution in [3.05, 3.63) is 112 Å². The third kappa shape index (κ3) is 5.23. The first kappa shape index (κ1) is 27.1. The van der Waals surface area contributed by atoms with Gasteiger partial charge in [-0.25, -0.2) is 9.78 Å². The quantitative estimate of drug-likeness (QED) is 0.181. The second kappa shape index (κ2) is 10.9. The second-order valence-electron chi connectivity index (χ2n) is 10.3. The molecule has 2 heterocycles. The lowest BCUT2D eigenvalue weighted by atomic mass is 9.94. The minimum absolute atomic E-state index is 0.0282. The van der Waals surface area contributed by atoms with E-state index < -0.39 is 21.4 Å². The van der Waals surface area contributed by atoms with Gasteiger partial charge in [0.1, 0.15) is 18.2 Å². The summed E-state index contributed by atoms with van der Waals surface area (Å²) in [5.74, 6) is -0.750. The van der Waals surface area contributed by atoms with E-state index in [0.717, 1.165) is 5.56 Å². The van der Waals surface area contributed by atoms with Crippen LogP contribution in [-0.2, 0) is 11.4 Å². The van der Waals surface area contributed by atoms with Crippen molar-refractivity contribution in [2.75, 3.05) is 40.3 Å². The van der Waals surface area contributed by atoms with E-state index in [0.29, 0.717) is 53.9 Å². The van der Waals surface area contributed by atoms with Crippen LogP contribution in [0.15, 0.2) is 84.9 Å². The number of rotatable bonds is 7. The SMILES string of the molecule is CO[N+]([O-])(C(=O)c1c(C[N+]2([O-])CCN(C)CC2)c(-c2ccccc2)nc2ccccc12)C(C)c1ccccc1. The number of likely N-dealkylation sites (N-methyl/N-ethyl adjacent to an activating group) is 1. The molecule has 1 amide bonds. The van der Waals surface area contributed by atoms with Crippen LogP contribution in [0.5, 0.6) is 0 Å². The van der Waals surface area contributed by atoms with Gasteiger partial charge in [0.15, 0.2) is 0 Å². The van der Waals surface area contributed by atoms with Crippen molar-refractivity contribution in [1.29, 1.82) is 0 Å². The normalized spacial score (nSPS) is 18.0. The monoisotopic (exact) mass is 526 g/mol. The molecule has 5 rings (SSSR count). The van der Waals surface area contributed by atoms with Gasteiger partial charge in [0, 0.05) is 29.6 Å². The van der Waals surface area contributed by atoms with Gasteiger partial charge in [0.25, 0.3) is 0 Å². The first-order valence-electron chi connectivity index (χ1n) is 13.2. The Morgan fingerprint density at radius 2 is 1.59 bits per heavy atom. The van der Waals surface area contributed by atoms with Gasteiger partial charge < -0.3 is 15.1 Å². The van der Waals surface area contributed by atoms with Crippen LogP contribution in [0.4, 0.5) is 0 Å². The molecule has 0 spiro atoms. The maximum Gasteiger partial charge on any atom is 0.380 e. The Hall–Kier alpha value is -3.50. The Balaban J connectivity index is 1.75. The molecule has 1 aromatic heterocycles. The number of carbonyl (C=O) groups excluding carboxylic acids is 1. The fraction of sp³-hybridized carbons (Fsp3) is 0.290. The van der Waals surface area contributed by atoms with Crippen molar-refractivity contribution in [2.45, 2.75) is 19.5 Å². The highest BCUT2D eigenvalue weighted by atomic mass is 16.9. The van der Waals surface area contributed by atoms with Gasteiger partial charge in [0.2, 0.25) is 0 Å². The fourth-order valence-corrected chi connectivity index (χ4v) is 5.36. The molecule has 3 aromatic carbocycles. The summed E-state index contributed by atoms with van der Waals surface area (Å²) in [6.45, 7) is 3.78. The summed E-state index contributed by atoms with van der Waals surface area (Å²) < 4.78 is -0.495. The molecule has 0 N–H and O–H groups in total. The van der Waals surface area contributed by atoms with Crippen LogP contribution in [0, 0.1) is 10.4 Å². The molecule has 39 heavy (non-hydrogen) atoms. The molecule has 2 atom stereocenters.